The molecule has 0 radical (unpaired) electrons. The van der Waals surface area contributed by atoms with Gasteiger partial charge in [0.25, 0.3) is 0 Å². The number of benzene rings is 1. The number of nitrogens with one attached hydrogen (secondary N) is 1. The number of anilines is 2. The number of piperidine rings is 1. The zero-order chi connectivity index (χ0) is 15.5. The topological polar surface area (TPSA) is 92.5 Å². The highest BCUT2D eigenvalue weighted by Crippen LogP contribution is 2.23. The first-order valence-corrected chi connectivity index (χ1v) is 8.68. The number of amides is 1. The molecule has 1 fully saturated rings. The fourth-order valence-electron chi connectivity index (χ4n) is 2.42. The first kappa shape index (κ1) is 18.7. The van der Waals surface area contributed by atoms with Crippen molar-refractivity contribution in [2.24, 2.45) is 5.92 Å². The van der Waals surface area contributed by atoms with Crippen molar-refractivity contribution in [3.05, 3.63) is 24.3 Å². The molecule has 22 heavy (non-hydrogen) atoms. The molecule has 1 heterocycles. The van der Waals surface area contributed by atoms with Gasteiger partial charge in [0, 0.05) is 19.0 Å². The fourth-order valence-corrected chi connectivity index (χ4v) is 3.56. The first-order chi connectivity index (χ1) is 9.94. The molecule has 0 atom stereocenters. The van der Waals surface area contributed by atoms with Gasteiger partial charge in [-0.15, -0.1) is 12.4 Å². The van der Waals surface area contributed by atoms with Gasteiger partial charge in [0.15, 0.2) is 0 Å². The van der Waals surface area contributed by atoms with E-state index in [2.05, 4.69) is 5.32 Å². The normalized spacial score (nSPS) is 16.8. The molecule has 2 rings (SSSR count). The molecule has 0 saturated carbocycles. The van der Waals surface area contributed by atoms with E-state index in [0.29, 0.717) is 37.3 Å². The molecule has 124 valence electrons. The molecule has 3 N–H and O–H groups in total. The van der Waals surface area contributed by atoms with E-state index >= 15 is 0 Å². The molecule has 0 unspecified atom stereocenters. The van der Waals surface area contributed by atoms with E-state index in [4.69, 9.17) is 5.73 Å². The number of rotatable bonds is 4. The molecule has 6 nitrogen and oxygen atoms in total. The summed E-state index contributed by atoms with van der Waals surface area (Å²) in [4.78, 5) is 12.2. The van der Waals surface area contributed by atoms with Crippen LogP contribution < -0.4 is 11.1 Å². The highest BCUT2D eigenvalue weighted by Gasteiger charge is 2.30. The van der Waals surface area contributed by atoms with Crippen LogP contribution in [0.1, 0.15) is 19.8 Å². The smallest absolute Gasteiger partial charge is 0.227 e. The van der Waals surface area contributed by atoms with E-state index in [1.807, 2.05) is 6.07 Å². The lowest BCUT2D eigenvalue weighted by molar-refractivity contribution is -0.120. The summed E-state index contributed by atoms with van der Waals surface area (Å²) in [5.41, 5.74) is 6.92. The number of hydrogen-bond acceptors (Lipinski definition) is 4. The third-order valence-electron chi connectivity index (χ3n) is 3.80. The molecule has 1 saturated heterocycles. The van der Waals surface area contributed by atoms with Gasteiger partial charge in [-0.05, 0) is 31.9 Å². The van der Waals surface area contributed by atoms with Crippen LogP contribution in [-0.2, 0) is 14.8 Å². The van der Waals surface area contributed by atoms with Crippen LogP contribution in [0, 0.1) is 5.92 Å². The molecular weight excluding hydrogens is 326 g/mol. The van der Waals surface area contributed by atoms with Gasteiger partial charge in [0.2, 0.25) is 15.9 Å². The first-order valence-electron chi connectivity index (χ1n) is 7.07. The Hall–Kier alpha value is -1.31. The second kappa shape index (κ2) is 7.80. The standard InChI is InChI=1S/C14H21N3O3S.ClH/c1-2-21(19,20)17-9-7-11(8-10-17)14(18)16-13-6-4-3-5-12(13)15;/h3-6,11H,2,7-10,15H2,1H3,(H,16,18);1H. The molecular formula is C14H22ClN3O3S. The summed E-state index contributed by atoms with van der Waals surface area (Å²) in [6.45, 7) is 2.43. The Balaban J connectivity index is 0.00000242. The van der Waals surface area contributed by atoms with Crippen LogP contribution in [-0.4, -0.2) is 37.5 Å². The van der Waals surface area contributed by atoms with Crippen molar-refractivity contribution in [3.63, 3.8) is 0 Å². The molecule has 1 aromatic carbocycles. The second-order valence-corrected chi connectivity index (χ2v) is 7.41. The summed E-state index contributed by atoms with van der Waals surface area (Å²) in [7, 11) is -3.15. The fraction of sp³-hybridized carbons (Fsp3) is 0.500. The van der Waals surface area contributed by atoms with Gasteiger partial charge in [-0.2, -0.15) is 0 Å². The highest BCUT2D eigenvalue weighted by atomic mass is 35.5. The third kappa shape index (κ3) is 4.34. The number of hydrogen-bond donors (Lipinski definition) is 2. The number of halogens is 1. The van der Waals surface area contributed by atoms with E-state index in [-0.39, 0.29) is 30.0 Å². The summed E-state index contributed by atoms with van der Waals surface area (Å²) in [6, 6.07) is 7.09. The minimum Gasteiger partial charge on any atom is -0.397 e. The number of nitrogens with two attached hydrogens (primary N) is 1. The lowest BCUT2D eigenvalue weighted by Crippen LogP contribution is -2.42. The van der Waals surface area contributed by atoms with E-state index in [1.165, 1.54) is 4.31 Å². The molecule has 8 heteroatoms. The van der Waals surface area contributed by atoms with Gasteiger partial charge in [0.1, 0.15) is 0 Å². The van der Waals surface area contributed by atoms with Gasteiger partial charge in [-0.3, -0.25) is 4.79 Å². The number of sulfonamides is 1. The maximum Gasteiger partial charge on any atom is 0.227 e. The summed E-state index contributed by atoms with van der Waals surface area (Å²) < 4.78 is 25.0. The molecule has 0 bridgehead atoms. The van der Waals surface area contributed by atoms with Crippen molar-refractivity contribution < 1.29 is 13.2 Å². The van der Waals surface area contributed by atoms with Crippen molar-refractivity contribution in [2.75, 3.05) is 29.9 Å². The van der Waals surface area contributed by atoms with Crippen LogP contribution in [0.15, 0.2) is 24.3 Å². The van der Waals surface area contributed by atoms with Crippen LogP contribution in [0.25, 0.3) is 0 Å². The Morgan fingerprint density at radius 3 is 2.45 bits per heavy atom. The quantitative estimate of drug-likeness (QED) is 0.810. The third-order valence-corrected chi connectivity index (χ3v) is 5.68. The lowest BCUT2D eigenvalue weighted by Gasteiger charge is -2.30. The van der Waals surface area contributed by atoms with Crippen LogP contribution in [0.4, 0.5) is 11.4 Å². The van der Waals surface area contributed by atoms with Crippen molar-refractivity contribution in [2.45, 2.75) is 19.8 Å². The summed E-state index contributed by atoms with van der Waals surface area (Å²) in [6.07, 6.45) is 1.08. The van der Waals surface area contributed by atoms with Gasteiger partial charge >= 0.3 is 0 Å². The Bertz CT molecular complexity index is 614. The number of carbonyl (C=O) groups excluding carboxylic acids is 1. The van der Waals surface area contributed by atoms with Crippen molar-refractivity contribution in [1.82, 2.24) is 4.31 Å². The number of carbonyl (C=O) groups is 1. The molecule has 0 spiro atoms. The van der Waals surface area contributed by atoms with Crippen molar-refractivity contribution in [3.8, 4) is 0 Å². The zero-order valence-corrected chi connectivity index (χ0v) is 14.1. The summed E-state index contributed by atoms with van der Waals surface area (Å²) in [5.74, 6) is -0.168. The van der Waals surface area contributed by atoms with Crippen molar-refractivity contribution >= 4 is 39.7 Å². The number of para-hydroxylation sites is 2. The maximum atomic E-state index is 12.2. The van der Waals surface area contributed by atoms with Crippen LogP contribution >= 0.6 is 12.4 Å². The number of nitrogens with zero attached hydrogens (tertiary/aromatic N) is 1. The largest absolute Gasteiger partial charge is 0.397 e. The highest BCUT2D eigenvalue weighted by molar-refractivity contribution is 7.89. The van der Waals surface area contributed by atoms with Crippen LogP contribution in [0.2, 0.25) is 0 Å². The molecule has 1 aromatic rings. The Morgan fingerprint density at radius 2 is 1.91 bits per heavy atom. The van der Waals surface area contributed by atoms with Gasteiger partial charge < -0.3 is 11.1 Å². The van der Waals surface area contributed by atoms with E-state index in [0.717, 1.165) is 0 Å². The minimum atomic E-state index is -3.15. The van der Waals surface area contributed by atoms with E-state index in [1.54, 1.807) is 25.1 Å². The van der Waals surface area contributed by atoms with Crippen LogP contribution in [0.3, 0.4) is 0 Å². The Labute approximate surface area is 137 Å². The predicted molar refractivity (Wildman–Crippen MR) is 90.5 cm³/mol. The maximum absolute atomic E-state index is 12.2. The predicted octanol–water partition coefficient (Wildman–Crippen LogP) is 1.69. The summed E-state index contributed by atoms with van der Waals surface area (Å²) in [5, 5.41) is 2.82. The average Bonchev–Trinajstić information content (AvgIpc) is 2.49. The van der Waals surface area contributed by atoms with Crippen LogP contribution in [0.5, 0.6) is 0 Å². The van der Waals surface area contributed by atoms with E-state index in [9.17, 15) is 13.2 Å². The SMILES string of the molecule is CCS(=O)(=O)N1CCC(C(=O)Nc2ccccc2N)CC1.Cl. The molecule has 0 aliphatic carbocycles. The molecule has 1 aliphatic heterocycles. The van der Waals surface area contributed by atoms with Gasteiger partial charge in [-0.25, -0.2) is 12.7 Å². The average molecular weight is 348 g/mol. The lowest BCUT2D eigenvalue weighted by atomic mass is 9.97. The molecule has 1 aliphatic rings. The second-order valence-electron chi connectivity index (χ2n) is 5.15. The van der Waals surface area contributed by atoms with Gasteiger partial charge in [0.05, 0.1) is 17.1 Å². The zero-order valence-electron chi connectivity index (χ0n) is 12.5. The Kier molecular flexibility index (Phi) is 6.65. The number of nitrogen functional groups attached to an aromatic ring is 1. The summed E-state index contributed by atoms with van der Waals surface area (Å²) >= 11 is 0. The Morgan fingerprint density at radius 1 is 1.32 bits per heavy atom. The van der Waals surface area contributed by atoms with E-state index < -0.39 is 10.0 Å². The molecule has 1 amide bonds. The van der Waals surface area contributed by atoms with Gasteiger partial charge in [-0.1, -0.05) is 12.1 Å². The monoisotopic (exact) mass is 347 g/mol. The molecule has 0 aromatic heterocycles. The minimum absolute atomic E-state index is 0. The van der Waals surface area contributed by atoms with Crippen molar-refractivity contribution in [1.29, 1.82) is 0 Å².